The lowest BCUT2D eigenvalue weighted by Crippen LogP contribution is -2.34. The summed E-state index contributed by atoms with van der Waals surface area (Å²) in [6, 6.07) is 1.51. The van der Waals surface area contributed by atoms with Gasteiger partial charge in [0.05, 0.1) is 11.5 Å². The minimum absolute atomic E-state index is 0.0850. The van der Waals surface area contributed by atoms with E-state index in [1.165, 1.54) is 25.1 Å². The molecule has 6 heteroatoms. The van der Waals surface area contributed by atoms with E-state index in [0.717, 1.165) is 12.8 Å². The molecule has 0 spiro atoms. The van der Waals surface area contributed by atoms with Gasteiger partial charge >= 0.3 is 0 Å². The first-order valence-electron chi connectivity index (χ1n) is 6.62. The average Bonchev–Trinajstić information content (AvgIpc) is 2.94. The summed E-state index contributed by atoms with van der Waals surface area (Å²) in [7, 11) is -1.75. The number of nitrogens with zero attached hydrogens (tertiary/aromatic N) is 1. The SMILES string of the molecule is Cn1cc(S(=O)(=O)NCC2(C)CCCC2)cc1CO. The zero-order valence-corrected chi connectivity index (χ0v) is 12.3. The number of aromatic nitrogens is 1. The summed E-state index contributed by atoms with van der Waals surface area (Å²) >= 11 is 0. The van der Waals surface area contributed by atoms with Crippen LogP contribution in [-0.2, 0) is 23.7 Å². The maximum atomic E-state index is 12.2. The van der Waals surface area contributed by atoms with Gasteiger partial charge < -0.3 is 9.67 Å². The van der Waals surface area contributed by atoms with Crippen molar-refractivity contribution in [2.75, 3.05) is 6.54 Å². The van der Waals surface area contributed by atoms with Gasteiger partial charge in [-0.25, -0.2) is 13.1 Å². The fraction of sp³-hybridized carbons (Fsp3) is 0.692. The van der Waals surface area contributed by atoms with Crippen molar-refractivity contribution in [3.05, 3.63) is 18.0 Å². The summed E-state index contributed by atoms with van der Waals surface area (Å²) in [6.07, 6.45) is 6.04. The van der Waals surface area contributed by atoms with Crippen LogP contribution < -0.4 is 4.72 Å². The molecule has 2 rings (SSSR count). The molecule has 108 valence electrons. The molecule has 5 nitrogen and oxygen atoms in total. The van der Waals surface area contributed by atoms with Crippen molar-refractivity contribution in [3.63, 3.8) is 0 Å². The predicted molar refractivity (Wildman–Crippen MR) is 73.1 cm³/mol. The third kappa shape index (κ3) is 3.19. The van der Waals surface area contributed by atoms with Gasteiger partial charge in [-0.15, -0.1) is 0 Å². The molecular formula is C13H22N2O3S. The van der Waals surface area contributed by atoms with Crippen LogP contribution in [0.1, 0.15) is 38.3 Å². The van der Waals surface area contributed by atoms with E-state index in [4.69, 9.17) is 5.11 Å². The molecule has 0 atom stereocenters. The third-order valence-corrected chi connectivity index (χ3v) is 5.42. The van der Waals surface area contributed by atoms with E-state index in [2.05, 4.69) is 11.6 Å². The second-order valence-electron chi connectivity index (χ2n) is 5.78. The van der Waals surface area contributed by atoms with Crippen LogP contribution in [0.15, 0.2) is 17.2 Å². The van der Waals surface area contributed by atoms with Crippen LogP contribution in [0.2, 0.25) is 0 Å². The zero-order valence-electron chi connectivity index (χ0n) is 11.5. The minimum Gasteiger partial charge on any atom is -0.390 e. The number of sulfonamides is 1. The average molecular weight is 286 g/mol. The number of aliphatic hydroxyl groups excluding tert-OH is 1. The first-order chi connectivity index (χ1) is 8.86. The van der Waals surface area contributed by atoms with E-state index in [0.29, 0.717) is 12.2 Å². The Hall–Kier alpha value is -0.850. The van der Waals surface area contributed by atoms with E-state index in [-0.39, 0.29) is 16.9 Å². The number of rotatable bonds is 5. The van der Waals surface area contributed by atoms with Crippen molar-refractivity contribution in [3.8, 4) is 0 Å². The second kappa shape index (κ2) is 5.26. The number of aryl methyl sites for hydroxylation is 1. The van der Waals surface area contributed by atoms with Crippen LogP contribution in [0, 0.1) is 5.41 Å². The Morgan fingerprint density at radius 3 is 2.58 bits per heavy atom. The predicted octanol–water partition coefficient (Wildman–Crippen LogP) is 1.38. The number of hydrogen-bond donors (Lipinski definition) is 2. The van der Waals surface area contributed by atoms with Gasteiger partial charge in [0.15, 0.2) is 0 Å². The van der Waals surface area contributed by atoms with Crippen molar-refractivity contribution < 1.29 is 13.5 Å². The maximum absolute atomic E-state index is 12.2. The monoisotopic (exact) mass is 286 g/mol. The second-order valence-corrected chi connectivity index (χ2v) is 7.55. The fourth-order valence-electron chi connectivity index (χ4n) is 2.64. The molecule has 0 unspecified atom stereocenters. The van der Waals surface area contributed by atoms with Gasteiger partial charge in [-0.1, -0.05) is 19.8 Å². The molecule has 0 saturated heterocycles. The lowest BCUT2D eigenvalue weighted by atomic mass is 9.89. The molecule has 1 heterocycles. The van der Waals surface area contributed by atoms with Gasteiger partial charge in [0.1, 0.15) is 0 Å². The quantitative estimate of drug-likeness (QED) is 0.859. The Balaban J connectivity index is 2.09. The van der Waals surface area contributed by atoms with E-state index in [9.17, 15) is 8.42 Å². The van der Waals surface area contributed by atoms with Crippen LogP contribution in [0.4, 0.5) is 0 Å². The molecule has 0 bridgehead atoms. The Labute approximate surface area is 114 Å². The largest absolute Gasteiger partial charge is 0.390 e. The zero-order chi connectivity index (χ0) is 14.1. The van der Waals surface area contributed by atoms with Crippen LogP contribution in [0.3, 0.4) is 0 Å². The molecule has 1 saturated carbocycles. The van der Waals surface area contributed by atoms with Crippen molar-refractivity contribution in [2.45, 2.75) is 44.1 Å². The molecule has 0 amide bonds. The molecule has 0 aliphatic heterocycles. The molecule has 2 N–H and O–H groups in total. The van der Waals surface area contributed by atoms with Crippen molar-refractivity contribution in [1.29, 1.82) is 0 Å². The molecule has 0 radical (unpaired) electrons. The third-order valence-electron chi connectivity index (χ3n) is 4.05. The van der Waals surface area contributed by atoms with Gasteiger partial charge in [0, 0.05) is 25.5 Å². The summed E-state index contributed by atoms with van der Waals surface area (Å²) in [5.41, 5.74) is 0.675. The smallest absolute Gasteiger partial charge is 0.242 e. The van der Waals surface area contributed by atoms with Gasteiger partial charge in [0.2, 0.25) is 10.0 Å². The highest BCUT2D eigenvalue weighted by atomic mass is 32.2. The number of aliphatic hydroxyl groups is 1. The minimum atomic E-state index is -3.48. The topological polar surface area (TPSA) is 71.3 Å². The number of nitrogens with one attached hydrogen (secondary N) is 1. The first-order valence-corrected chi connectivity index (χ1v) is 8.10. The molecule has 1 fully saturated rings. The van der Waals surface area contributed by atoms with Crippen molar-refractivity contribution in [2.24, 2.45) is 12.5 Å². The summed E-state index contributed by atoms with van der Waals surface area (Å²) in [4.78, 5) is 0.223. The van der Waals surface area contributed by atoms with Crippen LogP contribution in [0.5, 0.6) is 0 Å². The Kier molecular flexibility index (Phi) is 4.03. The molecular weight excluding hydrogens is 264 g/mol. The van der Waals surface area contributed by atoms with Gasteiger partial charge in [-0.2, -0.15) is 0 Å². The summed E-state index contributed by atoms with van der Waals surface area (Å²) in [6.45, 7) is 2.45. The maximum Gasteiger partial charge on any atom is 0.242 e. The standard InChI is InChI=1S/C13H22N2O3S/c1-13(5-3-4-6-13)10-14-19(17,18)12-7-11(9-16)15(2)8-12/h7-8,14,16H,3-6,9-10H2,1-2H3. The van der Waals surface area contributed by atoms with Crippen LogP contribution in [-0.4, -0.2) is 24.6 Å². The molecule has 19 heavy (non-hydrogen) atoms. The van der Waals surface area contributed by atoms with Gasteiger partial charge in [-0.05, 0) is 24.3 Å². The van der Waals surface area contributed by atoms with Crippen LogP contribution >= 0.6 is 0 Å². The first kappa shape index (κ1) is 14.6. The highest BCUT2D eigenvalue weighted by Crippen LogP contribution is 2.37. The van der Waals surface area contributed by atoms with Gasteiger partial charge in [-0.3, -0.25) is 0 Å². The Bertz CT molecular complexity index is 542. The molecule has 1 aliphatic rings. The van der Waals surface area contributed by atoms with Crippen molar-refractivity contribution in [1.82, 2.24) is 9.29 Å². The summed E-state index contributed by atoms with van der Waals surface area (Å²) < 4.78 is 28.7. The van der Waals surface area contributed by atoms with E-state index >= 15 is 0 Å². The van der Waals surface area contributed by atoms with Crippen molar-refractivity contribution >= 4 is 10.0 Å². The van der Waals surface area contributed by atoms with Crippen LogP contribution in [0.25, 0.3) is 0 Å². The van der Waals surface area contributed by atoms with E-state index < -0.39 is 10.0 Å². The fourth-order valence-corrected chi connectivity index (χ4v) is 3.93. The lowest BCUT2D eigenvalue weighted by molar-refractivity contribution is 0.272. The molecule has 1 aromatic heterocycles. The van der Waals surface area contributed by atoms with E-state index in [1.807, 2.05) is 0 Å². The molecule has 1 aliphatic carbocycles. The normalized spacial score (nSPS) is 18.9. The highest BCUT2D eigenvalue weighted by Gasteiger charge is 2.30. The van der Waals surface area contributed by atoms with E-state index in [1.54, 1.807) is 11.6 Å². The lowest BCUT2D eigenvalue weighted by Gasteiger charge is -2.23. The molecule has 1 aromatic rings. The summed E-state index contributed by atoms with van der Waals surface area (Å²) in [5, 5.41) is 9.10. The number of hydrogen-bond acceptors (Lipinski definition) is 3. The molecule has 0 aromatic carbocycles. The Morgan fingerprint density at radius 2 is 2.05 bits per heavy atom. The van der Waals surface area contributed by atoms with Gasteiger partial charge in [0.25, 0.3) is 0 Å². The highest BCUT2D eigenvalue weighted by molar-refractivity contribution is 7.89. The Morgan fingerprint density at radius 1 is 1.42 bits per heavy atom. The summed E-state index contributed by atoms with van der Waals surface area (Å²) in [5.74, 6) is 0.